The van der Waals surface area contributed by atoms with E-state index < -0.39 is 6.10 Å². The maximum Gasteiger partial charge on any atom is 0.122 e. The average molecular weight is 389 g/mol. The molecular formula is C20H21BrO3. The van der Waals surface area contributed by atoms with Gasteiger partial charge in [-0.1, -0.05) is 58.4 Å². The molecular weight excluding hydrogens is 368 g/mol. The normalized spacial score (nSPS) is 13.4. The van der Waals surface area contributed by atoms with Crippen molar-refractivity contribution in [1.29, 1.82) is 0 Å². The zero-order valence-corrected chi connectivity index (χ0v) is 14.9. The number of phenolic OH excluding ortho intramolecular Hbond substituents is 1. The lowest BCUT2D eigenvalue weighted by Gasteiger charge is -2.11. The first-order chi connectivity index (χ1) is 11.6. The van der Waals surface area contributed by atoms with Gasteiger partial charge in [0.05, 0.1) is 12.7 Å². The van der Waals surface area contributed by atoms with Crippen LogP contribution in [0.2, 0.25) is 0 Å². The van der Waals surface area contributed by atoms with Gasteiger partial charge in [0.2, 0.25) is 0 Å². The predicted molar refractivity (Wildman–Crippen MR) is 102 cm³/mol. The minimum Gasteiger partial charge on any atom is -0.507 e. The minimum atomic E-state index is -0.611. The fourth-order valence-electron chi connectivity index (χ4n) is 2.40. The Hall–Kier alpha value is -1.88. The van der Waals surface area contributed by atoms with Gasteiger partial charge in [0.25, 0.3) is 0 Å². The molecule has 4 heteroatoms. The number of halogens is 1. The summed E-state index contributed by atoms with van der Waals surface area (Å²) in [7, 11) is 0. The number of allylic oxidation sites excluding steroid dienone is 1. The van der Waals surface area contributed by atoms with Crippen LogP contribution in [0.1, 0.15) is 24.0 Å². The summed E-state index contributed by atoms with van der Waals surface area (Å²) in [4.78, 5) is 0. The Balaban J connectivity index is 2.28. The zero-order chi connectivity index (χ0) is 17.4. The molecule has 0 unspecified atom stereocenters. The van der Waals surface area contributed by atoms with Gasteiger partial charge >= 0.3 is 0 Å². The lowest BCUT2D eigenvalue weighted by Crippen LogP contribution is -2.02. The van der Waals surface area contributed by atoms with Crippen molar-refractivity contribution in [2.75, 3.05) is 6.61 Å². The molecule has 0 aromatic heterocycles. The SMILES string of the molecule is OC/C=C\[C@H](O)CC/C(=C/c1cc(Br)ccc1O)c1ccccc1. The number of hydrogen-bond donors (Lipinski definition) is 3. The first-order valence-corrected chi connectivity index (χ1v) is 8.59. The first-order valence-electron chi connectivity index (χ1n) is 7.80. The molecule has 0 saturated carbocycles. The summed E-state index contributed by atoms with van der Waals surface area (Å²) in [5.74, 6) is 0.215. The highest BCUT2D eigenvalue weighted by Gasteiger charge is 2.08. The van der Waals surface area contributed by atoms with Crippen molar-refractivity contribution < 1.29 is 15.3 Å². The largest absolute Gasteiger partial charge is 0.507 e. The molecule has 0 heterocycles. The highest BCUT2D eigenvalue weighted by atomic mass is 79.9. The molecule has 2 aromatic carbocycles. The fourth-order valence-corrected chi connectivity index (χ4v) is 2.78. The zero-order valence-electron chi connectivity index (χ0n) is 13.3. The molecule has 24 heavy (non-hydrogen) atoms. The third-order valence-electron chi connectivity index (χ3n) is 3.64. The Morgan fingerprint density at radius 2 is 1.88 bits per heavy atom. The van der Waals surface area contributed by atoms with E-state index in [1.165, 1.54) is 6.08 Å². The highest BCUT2D eigenvalue weighted by Crippen LogP contribution is 2.29. The second-order valence-corrected chi connectivity index (χ2v) is 6.37. The maximum atomic E-state index is 10.1. The topological polar surface area (TPSA) is 60.7 Å². The van der Waals surface area contributed by atoms with E-state index in [9.17, 15) is 10.2 Å². The molecule has 0 aliphatic heterocycles. The Labute approximate surface area is 150 Å². The smallest absolute Gasteiger partial charge is 0.122 e. The number of rotatable bonds is 7. The third kappa shape index (κ3) is 5.64. The van der Waals surface area contributed by atoms with Gasteiger partial charge in [0.1, 0.15) is 5.75 Å². The van der Waals surface area contributed by atoms with E-state index >= 15 is 0 Å². The van der Waals surface area contributed by atoms with Crippen LogP contribution >= 0.6 is 15.9 Å². The summed E-state index contributed by atoms with van der Waals surface area (Å²) in [6.45, 7) is -0.0790. The van der Waals surface area contributed by atoms with Gasteiger partial charge in [-0.3, -0.25) is 0 Å². The molecule has 0 bridgehead atoms. The molecule has 0 radical (unpaired) electrons. The van der Waals surface area contributed by atoms with E-state index in [4.69, 9.17) is 5.11 Å². The number of phenols is 1. The molecule has 0 aliphatic rings. The van der Waals surface area contributed by atoms with Crippen LogP contribution in [0.15, 0.2) is 65.2 Å². The molecule has 0 aliphatic carbocycles. The van der Waals surface area contributed by atoms with E-state index in [0.717, 1.165) is 21.2 Å². The van der Waals surface area contributed by atoms with Crippen molar-refractivity contribution in [1.82, 2.24) is 0 Å². The standard InChI is InChI=1S/C20H21BrO3/c21-18-9-11-20(24)17(14-18)13-16(15-5-2-1-3-6-15)8-10-19(23)7-4-12-22/h1-7,9,11,13-14,19,22-24H,8,10,12H2/b7-4-,16-13-/t19-/m0/s1. The third-order valence-corrected chi connectivity index (χ3v) is 4.13. The summed E-state index contributed by atoms with van der Waals surface area (Å²) in [6, 6.07) is 15.2. The van der Waals surface area contributed by atoms with Crippen LogP contribution in [0.25, 0.3) is 11.6 Å². The fraction of sp³-hybridized carbons (Fsp3) is 0.200. The van der Waals surface area contributed by atoms with Crippen molar-refractivity contribution in [3.05, 3.63) is 76.3 Å². The van der Waals surface area contributed by atoms with Gasteiger partial charge in [-0.25, -0.2) is 0 Å². The first kappa shape index (κ1) is 18.5. The van der Waals surface area contributed by atoms with Crippen molar-refractivity contribution in [3.63, 3.8) is 0 Å². The molecule has 3 N–H and O–H groups in total. The lowest BCUT2D eigenvalue weighted by atomic mass is 9.96. The molecule has 2 aromatic rings. The van der Waals surface area contributed by atoms with Crippen LogP contribution in [0, 0.1) is 0 Å². The molecule has 0 spiro atoms. The van der Waals surface area contributed by atoms with Crippen molar-refractivity contribution in [3.8, 4) is 5.75 Å². The Morgan fingerprint density at radius 1 is 1.12 bits per heavy atom. The van der Waals surface area contributed by atoms with Gasteiger partial charge in [-0.05, 0) is 48.3 Å². The van der Waals surface area contributed by atoms with Crippen LogP contribution in [0.5, 0.6) is 5.75 Å². The average Bonchev–Trinajstić information content (AvgIpc) is 2.60. The Kier molecular flexibility index (Phi) is 7.25. The van der Waals surface area contributed by atoms with E-state index in [-0.39, 0.29) is 12.4 Å². The van der Waals surface area contributed by atoms with Gasteiger partial charge < -0.3 is 15.3 Å². The van der Waals surface area contributed by atoms with Crippen LogP contribution in [-0.2, 0) is 0 Å². The van der Waals surface area contributed by atoms with Gasteiger partial charge in [-0.15, -0.1) is 0 Å². The van der Waals surface area contributed by atoms with Gasteiger partial charge in [0, 0.05) is 10.0 Å². The Bertz CT molecular complexity index is 708. The van der Waals surface area contributed by atoms with Crippen LogP contribution in [-0.4, -0.2) is 28.0 Å². The molecule has 2 rings (SSSR count). The Morgan fingerprint density at radius 3 is 2.58 bits per heavy atom. The number of aromatic hydroxyl groups is 1. The van der Waals surface area contributed by atoms with E-state index in [0.29, 0.717) is 12.8 Å². The molecule has 0 amide bonds. The van der Waals surface area contributed by atoms with Gasteiger partial charge in [0.15, 0.2) is 0 Å². The molecule has 0 fully saturated rings. The predicted octanol–water partition coefficient (Wildman–Crippen LogP) is 4.38. The summed E-state index contributed by atoms with van der Waals surface area (Å²) in [6.07, 6.45) is 5.65. The van der Waals surface area contributed by atoms with Crippen molar-refractivity contribution >= 4 is 27.6 Å². The number of hydrogen-bond acceptors (Lipinski definition) is 3. The lowest BCUT2D eigenvalue weighted by molar-refractivity contribution is 0.213. The van der Waals surface area contributed by atoms with Gasteiger partial charge in [-0.2, -0.15) is 0 Å². The molecule has 126 valence electrons. The van der Waals surface area contributed by atoms with Crippen LogP contribution in [0.4, 0.5) is 0 Å². The monoisotopic (exact) mass is 388 g/mol. The van der Waals surface area contributed by atoms with Crippen molar-refractivity contribution in [2.45, 2.75) is 18.9 Å². The summed E-state index contributed by atoms with van der Waals surface area (Å²) in [5.41, 5.74) is 2.80. The number of aliphatic hydroxyl groups excluding tert-OH is 2. The minimum absolute atomic E-state index is 0.0790. The summed E-state index contributed by atoms with van der Waals surface area (Å²) < 4.78 is 0.893. The maximum absolute atomic E-state index is 10.1. The van der Waals surface area contributed by atoms with Crippen molar-refractivity contribution in [2.24, 2.45) is 0 Å². The second-order valence-electron chi connectivity index (χ2n) is 5.46. The summed E-state index contributed by atoms with van der Waals surface area (Å²) in [5, 5.41) is 28.8. The molecule has 0 saturated heterocycles. The quantitative estimate of drug-likeness (QED) is 0.486. The summed E-state index contributed by atoms with van der Waals surface area (Å²) >= 11 is 3.42. The molecule has 3 nitrogen and oxygen atoms in total. The molecule has 1 atom stereocenters. The number of benzene rings is 2. The highest BCUT2D eigenvalue weighted by molar-refractivity contribution is 9.10. The van der Waals surface area contributed by atoms with E-state index in [1.54, 1.807) is 18.2 Å². The van der Waals surface area contributed by atoms with E-state index in [2.05, 4.69) is 15.9 Å². The van der Waals surface area contributed by atoms with Crippen LogP contribution in [0.3, 0.4) is 0 Å². The van der Waals surface area contributed by atoms with E-state index in [1.807, 2.05) is 42.5 Å². The van der Waals surface area contributed by atoms with Crippen LogP contribution < -0.4 is 0 Å². The number of aliphatic hydroxyl groups is 2. The second kappa shape index (κ2) is 9.42.